The molecule has 1 aromatic rings. The molecule has 1 aliphatic rings. The molecule has 1 saturated carbocycles. The predicted octanol–water partition coefficient (Wildman–Crippen LogP) is 4.84. The van der Waals surface area contributed by atoms with Crippen molar-refractivity contribution < 1.29 is 19.1 Å². The van der Waals surface area contributed by atoms with E-state index in [1.54, 1.807) is 19.2 Å². The molecule has 1 aromatic carbocycles. The van der Waals surface area contributed by atoms with Crippen LogP contribution in [0, 0.1) is 16.7 Å². The quantitative estimate of drug-likeness (QED) is 0.316. The number of hydrogen-bond donors (Lipinski definition) is 2. The number of aryl methyl sites for hydroxylation is 1. The lowest BCUT2D eigenvalue weighted by Gasteiger charge is -2.16. The van der Waals surface area contributed by atoms with E-state index in [0.29, 0.717) is 29.9 Å². The van der Waals surface area contributed by atoms with Crippen LogP contribution >= 0.6 is 0 Å². The number of carbonyl (C=O) groups excluding carboxylic acids is 2. The second kappa shape index (κ2) is 12.9. The predicted molar refractivity (Wildman–Crippen MR) is 123 cm³/mol. The summed E-state index contributed by atoms with van der Waals surface area (Å²) in [7, 11) is 3.09. The van der Waals surface area contributed by atoms with Gasteiger partial charge in [0.2, 0.25) is 0 Å². The van der Waals surface area contributed by atoms with Crippen LogP contribution in [0.5, 0.6) is 11.5 Å². The fourth-order valence-corrected chi connectivity index (χ4v) is 3.78. The van der Waals surface area contributed by atoms with E-state index in [0.717, 1.165) is 24.8 Å². The van der Waals surface area contributed by atoms with Gasteiger partial charge in [-0.15, -0.1) is 0 Å². The van der Waals surface area contributed by atoms with Crippen molar-refractivity contribution >= 4 is 11.8 Å². The van der Waals surface area contributed by atoms with Crippen LogP contribution in [0.1, 0.15) is 93.5 Å². The maximum Gasteiger partial charge on any atom is 0.273 e. The summed E-state index contributed by atoms with van der Waals surface area (Å²) >= 11 is 0. The highest BCUT2D eigenvalue weighted by molar-refractivity contribution is 5.99. The standard InChI is InChI=1S/C25H37N3O4/c1-4-5-6-7-8-9-10-11-12-13-19-16-20(22(32-3)17-21(19)31-2)23(29)27-28-24(30)25(18-26)14-15-25/h16-17H,4-15H2,1-3H3,(H,27,29)(H,28,30). The minimum atomic E-state index is -1.00. The minimum Gasteiger partial charge on any atom is -0.496 e. The van der Waals surface area contributed by atoms with E-state index in [1.807, 2.05) is 6.07 Å². The summed E-state index contributed by atoms with van der Waals surface area (Å²) in [6, 6.07) is 5.48. The van der Waals surface area contributed by atoms with Gasteiger partial charge in [0.1, 0.15) is 16.9 Å². The third kappa shape index (κ3) is 7.15. The van der Waals surface area contributed by atoms with Crippen LogP contribution in [0.2, 0.25) is 0 Å². The van der Waals surface area contributed by atoms with E-state index in [1.165, 1.54) is 52.1 Å². The van der Waals surface area contributed by atoms with Gasteiger partial charge in [-0.25, -0.2) is 0 Å². The number of nitrogens with zero attached hydrogens (tertiary/aromatic N) is 1. The van der Waals surface area contributed by atoms with Gasteiger partial charge in [0.15, 0.2) is 0 Å². The lowest BCUT2D eigenvalue weighted by atomic mass is 10.0. The number of hydrazine groups is 1. The van der Waals surface area contributed by atoms with Gasteiger partial charge in [0, 0.05) is 6.07 Å². The van der Waals surface area contributed by atoms with Crippen LogP contribution in [0.3, 0.4) is 0 Å². The summed E-state index contributed by atoms with van der Waals surface area (Å²) in [5, 5.41) is 9.11. The normalized spacial score (nSPS) is 13.7. The Hall–Kier alpha value is -2.75. The highest BCUT2D eigenvalue weighted by Crippen LogP contribution is 2.44. The Balaban J connectivity index is 1.90. The third-order valence-electron chi connectivity index (χ3n) is 6.09. The maximum atomic E-state index is 12.7. The molecule has 176 valence electrons. The average Bonchev–Trinajstić information content (AvgIpc) is 3.62. The summed E-state index contributed by atoms with van der Waals surface area (Å²) < 4.78 is 10.9. The molecule has 0 unspecified atom stereocenters. The molecule has 0 bridgehead atoms. The Bertz CT molecular complexity index is 812. The molecule has 0 aliphatic heterocycles. The van der Waals surface area contributed by atoms with Crippen molar-refractivity contribution in [3.63, 3.8) is 0 Å². The number of carbonyl (C=O) groups is 2. The number of nitrogens with one attached hydrogen (secondary N) is 2. The number of ether oxygens (including phenoxy) is 2. The maximum absolute atomic E-state index is 12.7. The van der Waals surface area contributed by atoms with Crippen LogP contribution in [0.25, 0.3) is 0 Å². The molecule has 0 aromatic heterocycles. The molecule has 0 spiro atoms. The molecule has 1 fully saturated rings. The summed E-state index contributed by atoms with van der Waals surface area (Å²) in [5.41, 5.74) is 5.04. The van der Waals surface area contributed by atoms with Gasteiger partial charge >= 0.3 is 0 Å². The Morgan fingerprint density at radius 1 is 0.938 bits per heavy atom. The molecule has 2 rings (SSSR count). The Labute approximate surface area is 191 Å². The molecule has 7 nitrogen and oxygen atoms in total. The summed E-state index contributed by atoms with van der Waals surface area (Å²) in [6.45, 7) is 2.23. The fourth-order valence-electron chi connectivity index (χ4n) is 3.78. The fraction of sp³-hybridized carbons (Fsp3) is 0.640. The van der Waals surface area contributed by atoms with E-state index in [2.05, 4.69) is 17.8 Å². The number of unbranched alkanes of at least 4 members (excludes halogenated alkanes) is 8. The molecule has 2 N–H and O–H groups in total. The molecule has 0 saturated heterocycles. The Morgan fingerprint density at radius 3 is 2.06 bits per heavy atom. The zero-order chi connectivity index (χ0) is 23.4. The van der Waals surface area contributed by atoms with Crippen LogP contribution in [0.4, 0.5) is 0 Å². The number of rotatable bonds is 14. The smallest absolute Gasteiger partial charge is 0.273 e. The van der Waals surface area contributed by atoms with E-state index >= 15 is 0 Å². The van der Waals surface area contributed by atoms with Crippen molar-refractivity contribution in [3.05, 3.63) is 23.3 Å². The molecule has 7 heteroatoms. The van der Waals surface area contributed by atoms with Crippen LogP contribution in [0.15, 0.2) is 12.1 Å². The van der Waals surface area contributed by atoms with Gasteiger partial charge in [-0.3, -0.25) is 20.4 Å². The molecule has 0 heterocycles. The zero-order valence-electron chi connectivity index (χ0n) is 19.7. The van der Waals surface area contributed by atoms with Crippen molar-refractivity contribution in [2.24, 2.45) is 5.41 Å². The summed E-state index contributed by atoms with van der Waals surface area (Å²) in [5.74, 6) is 0.0879. The van der Waals surface area contributed by atoms with Crippen molar-refractivity contribution in [3.8, 4) is 17.6 Å². The number of hydrogen-bond acceptors (Lipinski definition) is 5. The molecular formula is C25H37N3O4. The minimum absolute atomic E-state index is 0.321. The monoisotopic (exact) mass is 443 g/mol. The van der Waals surface area contributed by atoms with Gasteiger partial charge in [-0.2, -0.15) is 5.26 Å². The number of benzene rings is 1. The topological polar surface area (TPSA) is 100 Å². The largest absolute Gasteiger partial charge is 0.496 e. The van der Waals surface area contributed by atoms with Crippen LogP contribution in [-0.4, -0.2) is 26.0 Å². The molecule has 0 atom stereocenters. The van der Waals surface area contributed by atoms with Crippen LogP contribution < -0.4 is 20.3 Å². The Kier molecular flexibility index (Phi) is 10.3. The number of nitriles is 1. The number of methoxy groups -OCH3 is 2. The first-order chi connectivity index (χ1) is 15.5. The lowest BCUT2D eigenvalue weighted by Crippen LogP contribution is -2.45. The zero-order valence-corrected chi connectivity index (χ0v) is 19.7. The van der Waals surface area contributed by atoms with E-state index in [-0.39, 0.29) is 0 Å². The SMILES string of the molecule is CCCCCCCCCCCc1cc(C(=O)NNC(=O)C2(C#N)CC2)c(OC)cc1OC. The van der Waals surface area contributed by atoms with Crippen molar-refractivity contribution in [1.29, 1.82) is 5.26 Å². The first-order valence-electron chi connectivity index (χ1n) is 11.8. The second-order valence-corrected chi connectivity index (χ2v) is 8.54. The molecular weight excluding hydrogens is 406 g/mol. The summed E-state index contributed by atoms with van der Waals surface area (Å²) in [6.07, 6.45) is 13.0. The Morgan fingerprint density at radius 2 is 1.53 bits per heavy atom. The first-order valence-corrected chi connectivity index (χ1v) is 11.8. The highest BCUT2D eigenvalue weighted by Gasteiger charge is 2.50. The molecule has 2 amide bonds. The van der Waals surface area contributed by atoms with Gasteiger partial charge in [-0.05, 0) is 37.3 Å². The van der Waals surface area contributed by atoms with Crippen molar-refractivity contribution in [1.82, 2.24) is 10.9 Å². The van der Waals surface area contributed by atoms with Crippen molar-refractivity contribution in [2.75, 3.05) is 14.2 Å². The van der Waals surface area contributed by atoms with E-state index in [4.69, 9.17) is 14.7 Å². The number of amides is 2. The van der Waals surface area contributed by atoms with Crippen LogP contribution in [-0.2, 0) is 11.2 Å². The van der Waals surface area contributed by atoms with E-state index in [9.17, 15) is 9.59 Å². The third-order valence-corrected chi connectivity index (χ3v) is 6.09. The lowest BCUT2D eigenvalue weighted by molar-refractivity contribution is -0.125. The van der Waals surface area contributed by atoms with Gasteiger partial charge in [0.05, 0.1) is 25.9 Å². The average molecular weight is 444 g/mol. The summed E-state index contributed by atoms with van der Waals surface area (Å²) in [4.78, 5) is 24.8. The first kappa shape index (κ1) is 25.5. The van der Waals surface area contributed by atoms with E-state index < -0.39 is 17.2 Å². The van der Waals surface area contributed by atoms with Gasteiger partial charge in [-0.1, -0.05) is 58.3 Å². The van der Waals surface area contributed by atoms with Crippen molar-refractivity contribution in [2.45, 2.75) is 84.0 Å². The highest BCUT2D eigenvalue weighted by atomic mass is 16.5. The second-order valence-electron chi connectivity index (χ2n) is 8.54. The molecule has 0 radical (unpaired) electrons. The van der Waals surface area contributed by atoms with Gasteiger partial charge in [0.25, 0.3) is 11.8 Å². The van der Waals surface area contributed by atoms with Gasteiger partial charge < -0.3 is 9.47 Å². The molecule has 32 heavy (non-hydrogen) atoms. The molecule has 1 aliphatic carbocycles.